The zero-order chi connectivity index (χ0) is 11.2. The summed E-state index contributed by atoms with van der Waals surface area (Å²) in [6.07, 6.45) is 4.72. The molecule has 3 nitrogen and oxygen atoms in total. The molecule has 4 heteroatoms. The normalized spacial score (nSPS) is 12.6. The van der Waals surface area contributed by atoms with Gasteiger partial charge in [-0.15, -0.1) is 11.3 Å². The lowest BCUT2D eigenvalue weighted by atomic mass is 10.1. The molecule has 0 aromatic carbocycles. The summed E-state index contributed by atoms with van der Waals surface area (Å²) in [5.41, 5.74) is 2.97. The van der Waals surface area contributed by atoms with Gasteiger partial charge in [0.1, 0.15) is 0 Å². The van der Waals surface area contributed by atoms with E-state index in [1.807, 2.05) is 30.0 Å². The van der Waals surface area contributed by atoms with Gasteiger partial charge >= 0.3 is 0 Å². The van der Waals surface area contributed by atoms with Crippen LogP contribution in [0.15, 0.2) is 36.1 Å². The molecular formula is C12H15N3S. The molecule has 2 aromatic heterocycles. The van der Waals surface area contributed by atoms with Crippen molar-refractivity contribution in [2.45, 2.75) is 19.4 Å². The van der Waals surface area contributed by atoms with Gasteiger partial charge in [-0.1, -0.05) is 13.0 Å². The predicted molar refractivity (Wildman–Crippen MR) is 66.5 cm³/mol. The Morgan fingerprint density at radius 1 is 1.44 bits per heavy atom. The van der Waals surface area contributed by atoms with Crippen LogP contribution in [0.1, 0.15) is 23.5 Å². The predicted octanol–water partition coefficient (Wildman–Crippen LogP) is 2.43. The van der Waals surface area contributed by atoms with Gasteiger partial charge in [-0.25, -0.2) is 0 Å². The van der Waals surface area contributed by atoms with E-state index in [4.69, 9.17) is 0 Å². The molecule has 2 aromatic rings. The summed E-state index contributed by atoms with van der Waals surface area (Å²) in [6, 6.07) is 6.32. The smallest absolute Gasteiger partial charge is 0.0794 e. The second-order valence-corrected chi connectivity index (χ2v) is 4.51. The third-order valence-electron chi connectivity index (χ3n) is 2.38. The molecule has 1 unspecified atom stereocenters. The highest BCUT2D eigenvalue weighted by molar-refractivity contribution is 7.09. The first-order valence-electron chi connectivity index (χ1n) is 5.42. The molecule has 0 amide bonds. The molecule has 0 saturated carbocycles. The van der Waals surface area contributed by atoms with Crippen molar-refractivity contribution in [3.05, 3.63) is 46.7 Å². The Balaban J connectivity index is 2.11. The first-order valence-corrected chi connectivity index (χ1v) is 6.29. The fourth-order valence-corrected chi connectivity index (χ4v) is 2.30. The zero-order valence-electron chi connectivity index (χ0n) is 9.26. The van der Waals surface area contributed by atoms with Gasteiger partial charge in [-0.2, -0.15) is 0 Å². The van der Waals surface area contributed by atoms with Gasteiger partial charge in [0.15, 0.2) is 0 Å². The van der Waals surface area contributed by atoms with Crippen LogP contribution in [0, 0.1) is 0 Å². The van der Waals surface area contributed by atoms with Crippen LogP contribution in [0.25, 0.3) is 0 Å². The van der Waals surface area contributed by atoms with Crippen LogP contribution in [0.4, 0.5) is 0 Å². The van der Waals surface area contributed by atoms with E-state index in [0.717, 1.165) is 18.7 Å². The van der Waals surface area contributed by atoms with Gasteiger partial charge < -0.3 is 5.32 Å². The third-order valence-corrected chi connectivity index (χ3v) is 3.19. The van der Waals surface area contributed by atoms with Crippen molar-refractivity contribution in [2.75, 3.05) is 6.54 Å². The van der Waals surface area contributed by atoms with Crippen molar-refractivity contribution < 1.29 is 0 Å². The summed E-state index contributed by atoms with van der Waals surface area (Å²) < 4.78 is 0. The topological polar surface area (TPSA) is 37.8 Å². The minimum absolute atomic E-state index is 0.284. The molecule has 1 atom stereocenters. The number of rotatable bonds is 5. The van der Waals surface area contributed by atoms with Gasteiger partial charge in [0.25, 0.3) is 0 Å². The standard InChI is InChI=1S/C12H15N3S/c1-2-14-12(7-10-8-13-9-16-10)11-5-3-4-6-15-11/h3-6,8-9,12,14H,2,7H2,1H3. The summed E-state index contributed by atoms with van der Waals surface area (Å²) in [6.45, 7) is 3.06. The first kappa shape index (κ1) is 11.2. The minimum Gasteiger partial charge on any atom is -0.309 e. The number of aromatic nitrogens is 2. The molecule has 0 radical (unpaired) electrons. The number of likely N-dealkylation sites (N-methyl/N-ethyl adjacent to an activating group) is 1. The van der Waals surface area contributed by atoms with E-state index in [1.54, 1.807) is 11.3 Å². The van der Waals surface area contributed by atoms with Crippen molar-refractivity contribution >= 4 is 11.3 Å². The van der Waals surface area contributed by atoms with Crippen LogP contribution in [-0.2, 0) is 6.42 Å². The van der Waals surface area contributed by atoms with Crippen molar-refractivity contribution in [2.24, 2.45) is 0 Å². The molecule has 0 aliphatic carbocycles. The summed E-state index contributed by atoms with van der Waals surface area (Å²) in [5.74, 6) is 0. The van der Waals surface area contributed by atoms with Crippen molar-refractivity contribution in [1.29, 1.82) is 0 Å². The summed E-state index contributed by atoms with van der Waals surface area (Å²) in [4.78, 5) is 9.79. The maximum Gasteiger partial charge on any atom is 0.0794 e. The highest BCUT2D eigenvalue weighted by Gasteiger charge is 2.12. The van der Waals surface area contributed by atoms with Crippen LogP contribution >= 0.6 is 11.3 Å². The van der Waals surface area contributed by atoms with E-state index in [9.17, 15) is 0 Å². The molecule has 0 fully saturated rings. The second kappa shape index (κ2) is 5.72. The highest BCUT2D eigenvalue weighted by Crippen LogP contribution is 2.18. The van der Waals surface area contributed by atoms with Gasteiger partial charge in [0.2, 0.25) is 0 Å². The van der Waals surface area contributed by atoms with Crippen molar-refractivity contribution in [3.8, 4) is 0 Å². The van der Waals surface area contributed by atoms with Crippen LogP contribution in [0.3, 0.4) is 0 Å². The molecule has 2 heterocycles. The molecule has 2 rings (SSSR count). The van der Waals surface area contributed by atoms with Crippen LogP contribution < -0.4 is 5.32 Å². The lowest BCUT2D eigenvalue weighted by Gasteiger charge is -2.16. The number of nitrogens with one attached hydrogen (secondary N) is 1. The van der Waals surface area contributed by atoms with E-state index in [-0.39, 0.29) is 6.04 Å². The molecule has 0 bridgehead atoms. The van der Waals surface area contributed by atoms with Crippen molar-refractivity contribution in [3.63, 3.8) is 0 Å². The molecule has 0 saturated heterocycles. The monoisotopic (exact) mass is 233 g/mol. The molecular weight excluding hydrogens is 218 g/mol. The van der Waals surface area contributed by atoms with E-state index < -0.39 is 0 Å². The Bertz CT molecular complexity index is 399. The molecule has 84 valence electrons. The SMILES string of the molecule is CCNC(Cc1cncs1)c1ccccn1. The Morgan fingerprint density at radius 3 is 3.00 bits per heavy atom. The molecule has 16 heavy (non-hydrogen) atoms. The molecule has 1 N–H and O–H groups in total. The van der Waals surface area contributed by atoms with Crippen molar-refractivity contribution in [1.82, 2.24) is 15.3 Å². The molecule has 0 aliphatic heterocycles. The quantitative estimate of drug-likeness (QED) is 0.862. The first-order chi connectivity index (χ1) is 7.90. The Morgan fingerprint density at radius 2 is 2.38 bits per heavy atom. The van der Waals surface area contributed by atoms with Crippen LogP contribution in [0.2, 0.25) is 0 Å². The zero-order valence-corrected chi connectivity index (χ0v) is 10.1. The number of hydrogen-bond donors (Lipinski definition) is 1. The van der Waals surface area contributed by atoms with Crippen LogP contribution in [0.5, 0.6) is 0 Å². The Labute approximate surface area is 99.6 Å². The number of thiazole rings is 1. The number of nitrogens with zero attached hydrogens (tertiary/aromatic N) is 2. The van der Waals surface area contributed by atoms with E-state index >= 15 is 0 Å². The molecule has 0 aliphatic rings. The number of pyridine rings is 1. The largest absolute Gasteiger partial charge is 0.309 e. The van der Waals surface area contributed by atoms with E-state index in [0.29, 0.717) is 0 Å². The fourth-order valence-electron chi connectivity index (χ4n) is 1.65. The lowest BCUT2D eigenvalue weighted by molar-refractivity contribution is 0.540. The van der Waals surface area contributed by atoms with E-state index in [2.05, 4.69) is 28.3 Å². The summed E-state index contributed by atoms with van der Waals surface area (Å²) in [5, 5.41) is 3.45. The van der Waals surface area contributed by atoms with Gasteiger partial charge in [-0.3, -0.25) is 9.97 Å². The van der Waals surface area contributed by atoms with Crippen LogP contribution in [-0.4, -0.2) is 16.5 Å². The van der Waals surface area contributed by atoms with Gasteiger partial charge in [-0.05, 0) is 18.7 Å². The molecule has 0 spiro atoms. The minimum atomic E-state index is 0.284. The third kappa shape index (κ3) is 2.87. The van der Waals surface area contributed by atoms with Gasteiger partial charge in [0, 0.05) is 23.7 Å². The Hall–Kier alpha value is -1.26. The second-order valence-electron chi connectivity index (χ2n) is 3.54. The van der Waals surface area contributed by atoms with E-state index in [1.165, 1.54) is 4.88 Å². The highest BCUT2D eigenvalue weighted by atomic mass is 32.1. The summed E-state index contributed by atoms with van der Waals surface area (Å²) in [7, 11) is 0. The maximum atomic E-state index is 4.40. The van der Waals surface area contributed by atoms with Gasteiger partial charge in [0.05, 0.1) is 17.2 Å². The maximum absolute atomic E-state index is 4.40. The summed E-state index contributed by atoms with van der Waals surface area (Å²) >= 11 is 1.69. The average molecular weight is 233 g/mol. The fraction of sp³-hybridized carbons (Fsp3) is 0.333. The Kier molecular flexibility index (Phi) is 4.02. The number of hydrogen-bond acceptors (Lipinski definition) is 4. The lowest BCUT2D eigenvalue weighted by Crippen LogP contribution is -2.23. The average Bonchev–Trinajstić information content (AvgIpc) is 2.83.